The minimum Gasteiger partial charge on any atom is -0.464 e. The van der Waals surface area contributed by atoms with Gasteiger partial charge in [0, 0.05) is 11.8 Å². The number of hydrogen-bond acceptors (Lipinski definition) is 7. The third-order valence-corrected chi connectivity index (χ3v) is 3.45. The van der Waals surface area contributed by atoms with Crippen LogP contribution in [0.15, 0.2) is 11.0 Å². The average Bonchev–Trinajstić information content (AvgIpc) is 2.85. The highest BCUT2D eigenvalue weighted by molar-refractivity contribution is 8.04. The van der Waals surface area contributed by atoms with Crippen molar-refractivity contribution in [3.05, 3.63) is 27.9 Å². The molecule has 0 atom stereocenters. The van der Waals surface area contributed by atoms with Crippen LogP contribution in [0.5, 0.6) is 0 Å². The van der Waals surface area contributed by atoms with Gasteiger partial charge in [0.2, 0.25) is 11.6 Å². The van der Waals surface area contributed by atoms with Crippen LogP contribution in [-0.4, -0.2) is 52.3 Å². The highest BCUT2D eigenvalue weighted by Crippen LogP contribution is 2.29. The number of aromatic amines is 1. The molecule has 0 aromatic carbocycles. The van der Waals surface area contributed by atoms with Crippen molar-refractivity contribution < 1.29 is 24.2 Å². The second-order valence-electron chi connectivity index (χ2n) is 3.59. The predicted molar refractivity (Wildman–Crippen MR) is 66.2 cm³/mol. The molecule has 0 radical (unpaired) electrons. The van der Waals surface area contributed by atoms with Crippen molar-refractivity contribution in [1.82, 2.24) is 10.2 Å². The average molecular weight is 282 g/mol. The van der Waals surface area contributed by atoms with E-state index in [0.29, 0.717) is 0 Å². The van der Waals surface area contributed by atoms with Crippen LogP contribution >= 0.6 is 11.8 Å². The molecule has 0 spiro atoms. The van der Waals surface area contributed by atoms with E-state index in [1.165, 1.54) is 6.08 Å². The number of nitrogens with zero attached hydrogens (tertiary/aromatic N) is 1. The number of rotatable bonds is 4. The summed E-state index contributed by atoms with van der Waals surface area (Å²) in [5.74, 6) is -1.40. The maximum Gasteiger partial charge on any atom is 0.359 e. The maximum absolute atomic E-state index is 12.2. The number of carbonyl (C=O) groups excluding carboxylic acids is 3. The molecule has 0 fully saturated rings. The van der Waals surface area contributed by atoms with Crippen molar-refractivity contribution in [3.63, 3.8) is 0 Å². The van der Waals surface area contributed by atoms with Crippen LogP contribution in [0.25, 0.3) is 0 Å². The van der Waals surface area contributed by atoms with Gasteiger partial charge in [0.25, 0.3) is 0 Å². The van der Waals surface area contributed by atoms with Crippen molar-refractivity contribution in [2.45, 2.75) is 0 Å². The molecular weight excluding hydrogens is 272 g/mol. The number of allylic oxidation sites excluding steroid dienone is 2. The number of aliphatic hydroxyl groups is 1. The topological polar surface area (TPSA) is 109 Å². The number of ketones is 2. The first-order valence-corrected chi connectivity index (χ1v) is 6.29. The maximum atomic E-state index is 12.2. The third-order valence-electron chi connectivity index (χ3n) is 2.45. The second kappa shape index (κ2) is 5.37. The number of hydrogen-bond donors (Lipinski definition) is 2. The van der Waals surface area contributed by atoms with E-state index in [2.05, 4.69) is 14.9 Å². The molecule has 19 heavy (non-hydrogen) atoms. The van der Waals surface area contributed by atoms with Gasteiger partial charge in [-0.05, 0) is 0 Å². The van der Waals surface area contributed by atoms with Gasteiger partial charge in [-0.25, -0.2) is 4.79 Å². The van der Waals surface area contributed by atoms with Gasteiger partial charge in [0.1, 0.15) is 5.69 Å². The molecule has 1 aromatic rings. The Labute approximate surface area is 112 Å². The van der Waals surface area contributed by atoms with E-state index in [9.17, 15) is 14.4 Å². The lowest BCUT2D eigenvalue weighted by Crippen LogP contribution is -2.18. The number of thioether (sulfide) groups is 1. The normalized spacial score (nSPS) is 14.1. The van der Waals surface area contributed by atoms with E-state index in [4.69, 9.17) is 5.11 Å². The fraction of sp³-hybridized carbons (Fsp3) is 0.273. The molecule has 1 aliphatic carbocycles. The molecule has 1 heterocycles. The molecular formula is C11H10N2O5S. The summed E-state index contributed by atoms with van der Waals surface area (Å²) >= 11 is 1.05. The summed E-state index contributed by atoms with van der Waals surface area (Å²) in [4.78, 5) is 35.6. The Bertz CT molecular complexity index is 590. The first-order valence-electron chi connectivity index (χ1n) is 5.31. The molecule has 1 aliphatic rings. The second-order valence-corrected chi connectivity index (χ2v) is 4.72. The lowest BCUT2D eigenvalue weighted by molar-refractivity contribution is 0.0591. The number of carbonyl (C=O) groups is 3. The Morgan fingerprint density at radius 1 is 1.53 bits per heavy atom. The third kappa shape index (κ3) is 2.32. The molecule has 0 bridgehead atoms. The number of fused-ring (bicyclic) bond motifs is 1. The molecule has 7 nitrogen and oxygen atoms in total. The predicted octanol–water partition coefficient (Wildman–Crippen LogP) is 0.185. The molecule has 0 amide bonds. The Morgan fingerprint density at radius 3 is 2.89 bits per heavy atom. The van der Waals surface area contributed by atoms with Crippen LogP contribution < -0.4 is 0 Å². The Kier molecular flexibility index (Phi) is 3.82. The molecule has 1 aromatic heterocycles. The van der Waals surface area contributed by atoms with Gasteiger partial charge in [-0.1, -0.05) is 0 Å². The Balaban J connectivity index is 2.43. The first-order chi connectivity index (χ1) is 9.10. The van der Waals surface area contributed by atoms with Crippen LogP contribution in [0.1, 0.15) is 31.3 Å². The highest BCUT2D eigenvalue weighted by Gasteiger charge is 2.34. The number of ether oxygens (including phenoxy) is 1. The zero-order valence-corrected chi connectivity index (χ0v) is 10.7. The van der Waals surface area contributed by atoms with Crippen LogP contribution in [0.2, 0.25) is 0 Å². The fourth-order valence-electron chi connectivity index (χ4n) is 1.63. The number of esters is 1. The number of nitrogens with one attached hydrogen (secondary N) is 1. The summed E-state index contributed by atoms with van der Waals surface area (Å²) in [5.41, 5.74) is -0.287. The highest BCUT2D eigenvalue weighted by atomic mass is 32.2. The van der Waals surface area contributed by atoms with Crippen molar-refractivity contribution in [3.8, 4) is 0 Å². The summed E-state index contributed by atoms with van der Waals surface area (Å²) in [7, 11) is 1.16. The van der Waals surface area contributed by atoms with Gasteiger partial charge < -0.3 is 9.84 Å². The number of aliphatic hydroxyl groups excluding tert-OH is 1. The van der Waals surface area contributed by atoms with Gasteiger partial charge in [-0.15, -0.1) is 11.8 Å². The first kappa shape index (κ1) is 13.5. The van der Waals surface area contributed by atoms with Crippen LogP contribution in [0.3, 0.4) is 0 Å². The molecule has 2 rings (SSSR count). The van der Waals surface area contributed by atoms with Crippen molar-refractivity contribution in [1.29, 1.82) is 0 Å². The van der Waals surface area contributed by atoms with Gasteiger partial charge in [-0.2, -0.15) is 5.10 Å². The summed E-state index contributed by atoms with van der Waals surface area (Å²) in [6.07, 6.45) is 1.17. The molecule has 0 saturated heterocycles. The Morgan fingerprint density at radius 2 is 2.26 bits per heavy atom. The van der Waals surface area contributed by atoms with E-state index in [1.54, 1.807) is 0 Å². The van der Waals surface area contributed by atoms with Gasteiger partial charge in [0.15, 0.2) is 5.69 Å². The van der Waals surface area contributed by atoms with E-state index >= 15 is 0 Å². The minimum absolute atomic E-state index is 0.0150. The summed E-state index contributed by atoms with van der Waals surface area (Å²) < 4.78 is 4.51. The van der Waals surface area contributed by atoms with Crippen LogP contribution in [0.4, 0.5) is 0 Å². The summed E-state index contributed by atoms with van der Waals surface area (Å²) in [6.45, 7) is -0.119. The van der Waals surface area contributed by atoms with Crippen molar-refractivity contribution in [2.75, 3.05) is 19.5 Å². The summed E-state index contributed by atoms with van der Waals surface area (Å²) in [5, 5.41) is 14.8. The standard InChI is InChI=1S/C11H10N2O5S/c1-18-11(17)9-7-8(12-13-9)5(15)4-6(10(7)16)19-3-2-14/h4,14H,2-3H2,1H3,(H,12,13). The molecule has 0 aliphatic heterocycles. The smallest absolute Gasteiger partial charge is 0.359 e. The van der Waals surface area contributed by atoms with Crippen molar-refractivity contribution >= 4 is 29.3 Å². The number of methoxy groups -OCH3 is 1. The quantitative estimate of drug-likeness (QED) is 0.758. The van der Waals surface area contributed by atoms with Gasteiger partial charge in [-0.3, -0.25) is 14.7 Å². The number of aromatic nitrogens is 2. The number of H-pyrrole nitrogens is 1. The largest absolute Gasteiger partial charge is 0.464 e. The lowest BCUT2D eigenvalue weighted by Gasteiger charge is -2.10. The monoisotopic (exact) mass is 282 g/mol. The lowest BCUT2D eigenvalue weighted by atomic mass is 9.99. The van der Waals surface area contributed by atoms with Crippen LogP contribution in [0, 0.1) is 0 Å². The zero-order chi connectivity index (χ0) is 14.0. The van der Waals surface area contributed by atoms with Crippen molar-refractivity contribution in [2.24, 2.45) is 0 Å². The SMILES string of the molecule is COC(=O)c1n[nH]c2c1C(=O)C(SCCO)=CC2=O. The van der Waals surface area contributed by atoms with Crippen LogP contribution in [-0.2, 0) is 4.74 Å². The fourth-order valence-corrected chi connectivity index (χ4v) is 2.36. The Hall–Kier alpha value is -1.93. The van der Waals surface area contributed by atoms with E-state index in [-0.39, 0.29) is 34.2 Å². The van der Waals surface area contributed by atoms with Gasteiger partial charge >= 0.3 is 5.97 Å². The molecule has 100 valence electrons. The molecule has 0 saturated carbocycles. The van der Waals surface area contributed by atoms with E-state index in [1.807, 2.05) is 0 Å². The zero-order valence-electron chi connectivity index (χ0n) is 9.93. The van der Waals surface area contributed by atoms with E-state index < -0.39 is 17.5 Å². The minimum atomic E-state index is -0.785. The van der Waals surface area contributed by atoms with E-state index in [0.717, 1.165) is 18.9 Å². The van der Waals surface area contributed by atoms with Gasteiger partial charge in [0.05, 0.1) is 24.2 Å². The molecule has 0 unspecified atom stereocenters. The summed E-state index contributed by atoms with van der Waals surface area (Å²) in [6, 6.07) is 0. The molecule has 8 heteroatoms. The molecule has 2 N–H and O–H groups in total. The number of Topliss-reactive ketones (excluding diaryl/α,β-unsaturated/α-hetero) is 1.